The fourth-order valence-electron chi connectivity index (χ4n) is 2.41. The Balaban J connectivity index is 1.96. The van der Waals surface area contributed by atoms with Gasteiger partial charge >= 0.3 is 6.03 Å². The number of amides is 3. The average Bonchev–Trinajstić information content (AvgIpc) is 2.68. The maximum Gasteiger partial charge on any atom is 0.319 e. The van der Waals surface area contributed by atoms with Crippen molar-refractivity contribution in [1.29, 1.82) is 0 Å². The van der Waals surface area contributed by atoms with Crippen LogP contribution in [-0.4, -0.2) is 65.9 Å². The quantitative estimate of drug-likeness (QED) is 0.647. The van der Waals surface area contributed by atoms with Gasteiger partial charge in [-0.2, -0.15) is 0 Å². The van der Waals surface area contributed by atoms with Gasteiger partial charge in [0.25, 0.3) is 0 Å². The van der Waals surface area contributed by atoms with E-state index in [2.05, 4.69) is 0 Å². The second kappa shape index (κ2) is 4.31. The number of hydrogen-bond donors (Lipinski definition) is 0. The van der Waals surface area contributed by atoms with Gasteiger partial charge in [0.1, 0.15) is 0 Å². The summed E-state index contributed by atoms with van der Waals surface area (Å²) in [5, 5.41) is 0. The highest BCUT2D eigenvalue weighted by Crippen LogP contribution is 2.23. The van der Waals surface area contributed by atoms with Crippen molar-refractivity contribution < 1.29 is 9.59 Å². The Bertz CT molecular complexity index is 306. The number of piperazine rings is 1. The van der Waals surface area contributed by atoms with Gasteiger partial charge < -0.3 is 14.7 Å². The lowest BCUT2D eigenvalue weighted by molar-refractivity contribution is -0.130. The normalized spacial score (nSPS) is 24.6. The molecule has 16 heavy (non-hydrogen) atoms. The van der Waals surface area contributed by atoms with Crippen LogP contribution in [0.25, 0.3) is 0 Å². The smallest absolute Gasteiger partial charge is 0.319 e. The minimum absolute atomic E-state index is 0.0847. The zero-order valence-electron chi connectivity index (χ0n) is 9.98. The van der Waals surface area contributed by atoms with Gasteiger partial charge in [-0.25, -0.2) is 4.79 Å². The third kappa shape index (κ3) is 1.86. The van der Waals surface area contributed by atoms with Gasteiger partial charge in [0.15, 0.2) is 0 Å². The van der Waals surface area contributed by atoms with E-state index in [1.54, 1.807) is 4.90 Å². The number of carbonyl (C=O) groups excluding carboxylic acids is 2. The monoisotopic (exact) mass is 225 g/mol. The highest BCUT2D eigenvalue weighted by atomic mass is 16.2. The van der Waals surface area contributed by atoms with Crippen LogP contribution in [0.5, 0.6) is 0 Å². The molecule has 0 spiro atoms. The molecule has 1 unspecified atom stereocenters. The summed E-state index contributed by atoms with van der Waals surface area (Å²) < 4.78 is 0. The van der Waals surface area contributed by atoms with E-state index in [0.29, 0.717) is 26.1 Å². The van der Waals surface area contributed by atoms with Crippen LogP contribution in [0.2, 0.25) is 0 Å². The Hall–Kier alpha value is -1.26. The molecule has 5 heteroatoms. The highest BCUT2D eigenvalue weighted by Gasteiger charge is 2.37. The molecular weight excluding hydrogens is 206 g/mol. The van der Waals surface area contributed by atoms with Crippen molar-refractivity contribution in [3.8, 4) is 0 Å². The van der Waals surface area contributed by atoms with Crippen LogP contribution in [0.3, 0.4) is 0 Å². The second-order valence-electron chi connectivity index (χ2n) is 4.52. The molecule has 2 saturated heterocycles. The predicted molar refractivity (Wildman–Crippen MR) is 60.0 cm³/mol. The molecule has 0 radical (unpaired) electrons. The predicted octanol–water partition coefficient (Wildman–Crippen LogP) is 0.365. The molecule has 90 valence electrons. The van der Waals surface area contributed by atoms with Crippen molar-refractivity contribution in [2.45, 2.75) is 25.8 Å². The minimum Gasteiger partial charge on any atom is -0.336 e. The summed E-state index contributed by atoms with van der Waals surface area (Å²) in [6, 6.07) is 0.344. The van der Waals surface area contributed by atoms with Crippen molar-refractivity contribution in [1.82, 2.24) is 14.7 Å². The van der Waals surface area contributed by atoms with Crippen molar-refractivity contribution in [3.05, 3.63) is 0 Å². The molecule has 2 aliphatic heterocycles. The standard InChI is InChI=1S/C11H19N3O2/c1-3-12(2)11(16)13-6-7-14-9(8-13)4-5-10(14)15/h9H,3-8H2,1-2H3. The van der Waals surface area contributed by atoms with E-state index in [1.165, 1.54) is 0 Å². The first-order chi connectivity index (χ1) is 7.63. The molecule has 1 atom stereocenters. The molecule has 2 heterocycles. The molecule has 0 aromatic carbocycles. The molecule has 0 aromatic rings. The van der Waals surface area contributed by atoms with Gasteiger partial charge in [0.05, 0.1) is 0 Å². The van der Waals surface area contributed by atoms with Crippen LogP contribution < -0.4 is 0 Å². The summed E-state index contributed by atoms with van der Waals surface area (Å²) in [6.45, 7) is 4.77. The van der Waals surface area contributed by atoms with Crippen LogP contribution in [0.15, 0.2) is 0 Å². The summed E-state index contributed by atoms with van der Waals surface area (Å²) in [6.07, 6.45) is 1.55. The Morgan fingerprint density at radius 3 is 2.94 bits per heavy atom. The highest BCUT2D eigenvalue weighted by molar-refractivity contribution is 5.80. The fourth-order valence-corrected chi connectivity index (χ4v) is 2.41. The Morgan fingerprint density at radius 1 is 1.50 bits per heavy atom. The molecular formula is C11H19N3O2. The Labute approximate surface area is 96.0 Å². The first-order valence-electron chi connectivity index (χ1n) is 5.93. The van der Waals surface area contributed by atoms with E-state index in [-0.39, 0.29) is 18.0 Å². The zero-order chi connectivity index (χ0) is 11.7. The molecule has 2 aliphatic rings. The number of fused-ring (bicyclic) bond motifs is 1. The molecule has 0 N–H and O–H groups in total. The fraction of sp³-hybridized carbons (Fsp3) is 0.818. The van der Waals surface area contributed by atoms with Crippen LogP contribution in [0.4, 0.5) is 4.79 Å². The number of nitrogens with zero attached hydrogens (tertiary/aromatic N) is 3. The first-order valence-corrected chi connectivity index (χ1v) is 5.93. The molecule has 0 bridgehead atoms. The van der Waals surface area contributed by atoms with Crippen molar-refractivity contribution in [3.63, 3.8) is 0 Å². The first kappa shape index (κ1) is 11.2. The summed E-state index contributed by atoms with van der Waals surface area (Å²) >= 11 is 0. The number of hydrogen-bond acceptors (Lipinski definition) is 2. The third-order valence-corrected chi connectivity index (χ3v) is 3.57. The van der Waals surface area contributed by atoms with Gasteiger partial charge in [0, 0.05) is 45.7 Å². The number of urea groups is 1. The minimum atomic E-state index is 0.0847. The van der Waals surface area contributed by atoms with Crippen LogP contribution >= 0.6 is 0 Å². The molecule has 5 nitrogen and oxygen atoms in total. The molecule has 0 aliphatic carbocycles. The Morgan fingerprint density at radius 2 is 2.25 bits per heavy atom. The van der Waals surface area contributed by atoms with Crippen LogP contribution in [0, 0.1) is 0 Å². The maximum absolute atomic E-state index is 11.9. The van der Waals surface area contributed by atoms with Gasteiger partial charge in [-0.15, -0.1) is 0 Å². The van der Waals surface area contributed by atoms with E-state index < -0.39 is 0 Å². The van der Waals surface area contributed by atoms with Gasteiger partial charge in [-0.3, -0.25) is 4.79 Å². The topological polar surface area (TPSA) is 43.9 Å². The van der Waals surface area contributed by atoms with E-state index in [1.807, 2.05) is 23.8 Å². The van der Waals surface area contributed by atoms with E-state index in [0.717, 1.165) is 13.0 Å². The van der Waals surface area contributed by atoms with Gasteiger partial charge in [-0.1, -0.05) is 0 Å². The largest absolute Gasteiger partial charge is 0.336 e. The average molecular weight is 225 g/mol. The third-order valence-electron chi connectivity index (χ3n) is 3.57. The van der Waals surface area contributed by atoms with Crippen LogP contribution in [0.1, 0.15) is 19.8 Å². The molecule has 2 fully saturated rings. The second-order valence-corrected chi connectivity index (χ2v) is 4.52. The maximum atomic E-state index is 11.9. The lowest BCUT2D eigenvalue weighted by Crippen LogP contribution is -2.55. The zero-order valence-corrected chi connectivity index (χ0v) is 9.98. The number of rotatable bonds is 1. The van der Waals surface area contributed by atoms with E-state index >= 15 is 0 Å². The van der Waals surface area contributed by atoms with Crippen molar-refractivity contribution in [2.24, 2.45) is 0 Å². The van der Waals surface area contributed by atoms with Gasteiger partial charge in [-0.05, 0) is 13.3 Å². The summed E-state index contributed by atoms with van der Waals surface area (Å²) in [5.74, 6) is 0.251. The lowest BCUT2D eigenvalue weighted by atomic mass is 10.1. The van der Waals surface area contributed by atoms with Crippen LogP contribution in [-0.2, 0) is 4.79 Å². The molecule has 0 saturated carbocycles. The van der Waals surface area contributed by atoms with Crippen molar-refractivity contribution in [2.75, 3.05) is 33.2 Å². The number of carbonyl (C=O) groups is 2. The summed E-state index contributed by atoms with van der Waals surface area (Å²) in [5.41, 5.74) is 0. The van der Waals surface area contributed by atoms with E-state index in [4.69, 9.17) is 0 Å². The van der Waals surface area contributed by atoms with Gasteiger partial charge in [0.2, 0.25) is 5.91 Å². The lowest BCUT2D eigenvalue weighted by Gasteiger charge is -2.38. The van der Waals surface area contributed by atoms with E-state index in [9.17, 15) is 9.59 Å². The summed E-state index contributed by atoms with van der Waals surface area (Å²) in [4.78, 5) is 28.9. The Kier molecular flexibility index (Phi) is 3.03. The molecule has 2 rings (SSSR count). The van der Waals surface area contributed by atoms with Crippen molar-refractivity contribution >= 4 is 11.9 Å². The summed E-state index contributed by atoms with van der Waals surface area (Å²) in [7, 11) is 1.81. The molecule has 0 aromatic heterocycles. The molecule has 3 amide bonds. The SMILES string of the molecule is CCN(C)C(=O)N1CCN2C(=O)CCC2C1.